The van der Waals surface area contributed by atoms with Crippen LogP contribution in [0.3, 0.4) is 0 Å². The molecule has 2 heterocycles. The molecule has 4 atom stereocenters. The van der Waals surface area contributed by atoms with Crippen molar-refractivity contribution in [2.75, 3.05) is 6.61 Å². The fraction of sp³-hybridized carbons (Fsp3) is 1.00. The lowest BCUT2D eigenvalue weighted by molar-refractivity contribution is -0.277. The summed E-state index contributed by atoms with van der Waals surface area (Å²) in [6.45, 7) is 2.46. The lowest BCUT2D eigenvalue weighted by Crippen LogP contribution is -2.61. The number of aliphatic hydroxyl groups is 1. The molecule has 4 bridgehead atoms. The van der Waals surface area contributed by atoms with Gasteiger partial charge in [-0.05, 0) is 50.9 Å². The number of hydrogen-bond donors (Lipinski definition) is 1. The second kappa shape index (κ2) is 2.29. The monoisotopic (exact) mass is 182 g/mol. The van der Waals surface area contributed by atoms with Crippen LogP contribution in [0.15, 0.2) is 0 Å². The Labute approximate surface area is 79.3 Å². The second-order valence-electron chi connectivity index (χ2n) is 5.68. The molecule has 2 unspecified atom stereocenters. The van der Waals surface area contributed by atoms with Gasteiger partial charge in [0.25, 0.3) is 0 Å². The molecule has 0 aromatic heterocycles. The average molecular weight is 182 g/mol. The van der Waals surface area contributed by atoms with Gasteiger partial charge in [-0.3, -0.25) is 0 Å². The molecule has 2 saturated heterocycles. The topological polar surface area (TPSA) is 29.5 Å². The SMILES string of the molecule is CC12C[C@H]3C[C@@H](C1)CC(CO)(C3)O2. The van der Waals surface area contributed by atoms with Crippen molar-refractivity contribution >= 4 is 0 Å². The first-order valence-electron chi connectivity index (χ1n) is 5.44. The van der Waals surface area contributed by atoms with Gasteiger partial charge in [0.15, 0.2) is 0 Å². The zero-order valence-electron chi connectivity index (χ0n) is 8.25. The maximum atomic E-state index is 9.42. The van der Waals surface area contributed by atoms with Crippen molar-refractivity contribution in [2.24, 2.45) is 11.8 Å². The van der Waals surface area contributed by atoms with E-state index in [0.29, 0.717) is 0 Å². The van der Waals surface area contributed by atoms with Crippen molar-refractivity contribution < 1.29 is 9.84 Å². The maximum absolute atomic E-state index is 9.42. The Bertz CT molecular complexity index is 222. The maximum Gasteiger partial charge on any atom is 0.0924 e. The highest BCUT2D eigenvalue weighted by Crippen LogP contribution is 2.57. The Morgan fingerprint density at radius 1 is 1.23 bits per heavy atom. The van der Waals surface area contributed by atoms with E-state index in [1.165, 1.54) is 19.3 Å². The van der Waals surface area contributed by atoms with Crippen molar-refractivity contribution in [3.63, 3.8) is 0 Å². The van der Waals surface area contributed by atoms with Gasteiger partial charge < -0.3 is 9.84 Å². The van der Waals surface area contributed by atoms with Crippen molar-refractivity contribution in [3.8, 4) is 0 Å². The molecule has 0 radical (unpaired) electrons. The zero-order chi connectivity index (χ0) is 9.10. The largest absolute Gasteiger partial charge is 0.393 e. The van der Waals surface area contributed by atoms with Gasteiger partial charge in [0.1, 0.15) is 0 Å². The molecule has 4 fully saturated rings. The number of aliphatic hydroxyl groups excluding tert-OH is 1. The van der Waals surface area contributed by atoms with Gasteiger partial charge >= 0.3 is 0 Å². The van der Waals surface area contributed by atoms with E-state index in [1.54, 1.807) is 0 Å². The number of rotatable bonds is 1. The Morgan fingerprint density at radius 2 is 1.85 bits per heavy atom. The van der Waals surface area contributed by atoms with Crippen molar-refractivity contribution in [1.29, 1.82) is 0 Å². The summed E-state index contributed by atoms with van der Waals surface area (Å²) in [5.74, 6) is 1.66. The predicted molar refractivity (Wildman–Crippen MR) is 49.4 cm³/mol. The van der Waals surface area contributed by atoms with Crippen LogP contribution in [0.1, 0.15) is 39.0 Å². The van der Waals surface area contributed by atoms with Crippen LogP contribution in [0.5, 0.6) is 0 Å². The van der Waals surface area contributed by atoms with Crippen LogP contribution < -0.4 is 0 Å². The molecule has 2 heteroatoms. The highest BCUT2D eigenvalue weighted by molar-refractivity contribution is 5.06. The molecule has 4 aliphatic rings. The molecule has 0 aromatic carbocycles. The van der Waals surface area contributed by atoms with E-state index >= 15 is 0 Å². The van der Waals surface area contributed by atoms with Crippen molar-refractivity contribution in [3.05, 3.63) is 0 Å². The lowest BCUT2D eigenvalue weighted by atomic mass is 9.58. The molecule has 1 N–H and O–H groups in total. The minimum absolute atomic E-state index is 0.104. The first-order chi connectivity index (χ1) is 6.13. The third kappa shape index (κ3) is 1.08. The minimum Gasteiger partial charge on any atom is -0.393 e. The molecule has 4 rings (SSSR count). The fourth-order valence-corrected chi connectivity index (χ4v) is 4.24. The Morgan fingerprint density at radius 3 is 2.31 bits per heavy atom. The molecule has 13 heavy (non-hydrogen) atoms. The van der Waals surface area contributed by atoms with E-state index in [1.807, 2.05) is 0 Å². The molecule has 2 aliphatic carbocycles. The lowest BCUT2D eigenvalue weighted by Gasteiger charge is -2.60. The van der Waals surface area contributed by atoms with E-state index in [2.05, 4.69) is 6.92 Å². The van der Waals surface area contributed by atoms with Gasteiger partial charge in [-0.15, -0.1) is 0 Å². The normalized spacial score (nSPS) is 58.6. The van der Waals surface area contributed by atoms with Crippen LogP contribution >= 0.6 is 0 Å². The van der Waals surface area contributed by atoms with E-state index in [4.69, 9.17) is 4.74 Å². The van der Waals surface area contributed by atoms with Gasteiger partial charge in [0.05, 0.1) is 17.8 Å². The average Bonchev–Trinajstić information content (AvgIpc) is 1.99. The predicted octanol–water partition coefficient (Wildman–Crippen LogP) is 1.72. The van der Waals surface area contributed by atoms with Gasteiger partial charge in [-0.25, -0.2) is 0 Å². The zero-order valence-corrected chi connectivity index (χ0v) is 8.25. The third-order valence-corrected chi connectivity index (χ3v) is 4.18. The quantitative estimate of drug-likeness (QED) is 0.669. The van der Waals surface area contributed by atoms with Gasteiger partial charge in [-0.2, -0.15) is 0 Å². The number of hydrogen-bond acceptors (Lipinski definition) is 2. The van der Waals surface area contributed by atoms with Crippen molar-refractivity contribution in [2.45, 2.75) is 50.2 Å². The standard InChI is InChI=1S/C11H18O2/c1-10-3-8-2-9(4-10)6-11(5-8,7-12)13-10/h8-9,12H,2-7H2,1H3/t8-,9+,10?,11?. The first kappa shape index (κ1) is 8.25. The minimum atomic E-state index is -0.140. The second-order valence-corrected chi connectivity index (χ2v) is 5.68. The summed E-state index contributed by atoms with van der Waals surface area (Å²) in [7, 11) is 0. The van der Waals surface area contributed by atoms with Crippen LogP contribution in [0, 0.1) is 11.8 Å². The summed E-state index contributed by atoms with van der Waals surface area (Å²) in [4.78, 5) is 0. The highest BCUT2D eigenvalue weighted by atomic mass is 16.5. The molecule has 0 aromatic rings. The Kier molecular flexibility index (Phi) is 1.45. The van der Waals surface area contributed by atoms with Gasteiger partial charge in [0.2, 0.25) is 0 Å². The smallest absolute Gasteiger partial charge is 0.0924 e. The van der Waals surface area contributed by atoms with Gasteiger partial charge in [0, 0.05) is 0 Å². The summed E-state index contributed by atoms with van der Waals surface area (Å²) >= 11 is 0. The number of ether oxygens (including phenoxy) is 1. The Balaban J connectivity index is 1.95. The molecule has 74 valence electrons. The van der Waals surface area contributed by atoms with Gasteiger partial charge in [-0.1, -0.05) is 0 Å². The summed E-state index contributed by atoms with van der Waals surface area (Å²) in [5.41, 5.74) is -0.0361. The van der Waals surface area contributed by atoms with Crippen LogP contribution in [-0.4, -0.2) is 22.9 Å². The molecule has 2 saturated carbocycles. The summed E-state index contributed by atoms with van der Waals surface area (Å²) in [5, 5.41) is 9.42. The molecule has 0 spiro atoms. The third-order valence-electron chi connectivity index (χ3n) is 4.18. The van der Waals surface area contributed by atoms with Crippen LogP contribution in [0.4, 0.5) is 0 Å². The summed E-state index contributed by atoms with van der Waals surface area (Å²) in [6, 6.07) is 0. The molecule has 2 aliphatic heterocycles. The van der Waals surface area contributed by atoms with Crippen LogP contribution in [0.25, 0.3) is 0 Å². The summed E-state index contributed by atoms with van der Waals surface area (Å²) in [6.07, 6.45) is 6.06. The fourth-order valence-electron chi connectivity index (χ4n) is 4.24. The van der Waals surface area contributed by atoms with E-state index in [-0.39, 0.29) is 17.8 Å². The molecular weight excluding hydrogens is 164 g/mol. The van der Waals surface area contributed by atoms with E-state index < -0.39 is 0 Å². The van der Waals surface area contributed by atoms with Crippen molar-refractivity contribution in [1.82, 2.24) is 0 Å². The first-order valence-corrected chi connectivity index (χ1v) is 5.44. The van der Waals surface area contributed by atoms with E-state index in [0.717, 1.165) is 24.7 Å². The van der Waals surface area contributed by atoms with Crippen LogP contribution in [0.2, 0.25) is 0 Å². The molecule has 0 amide bonds. The highest BCUT2D eigenvalue weighted by Gasteiger charge is 2.56. The van der Waals surface area contributed by atoms with E-state index in [9.17, 15) is 5.11 Å². The summed E-state index contributed by atoms with van der Waals surface area (Å²) < 4.78 is 6.10. The Hall–Kier alpha value is -0.0800. The van der Waals surface area contributed by atoms with Crippen LogP contribution in [-0.2, 0) is 4.74 Å². The molecule has 2 nitrogen and oxygen atoms in total. The molecular formula is C11H18O2.